The summed E-state index contributed by atoms with van der Waals surface area (Å²) in [5.41, 5.74) is 3.29. The molecule has 98 valence electrons. The molecule has 0 unspecified atom stereocenters. The second-order valence-corrected chi connectivity index (χ2v) is 3.23. The number of carbonyl (C=O) groups is 2. The summed E-state index contributed by atoms with van der Waals surface area (Å²) in [5.74, 6) is -6.97. The van der Waals surface area contributed by atoms with E-state index in [0.717, 1.165) is 0 Å². The van der Waals surface area contributed by atoms with Gasteiger partial charge in [-0.15, -0.1) is 0 Å². The smallest absolute Gasteiger partial charge is 0.343 e. The van der Waals surface area contributed by atoms with E-state index in [-0.39, 0.29) is 6.61 Å². The van der Waals surface area contributed by atoms with Gasteiger partial charge in [-0.1, -0.05) is 0 Å². The Morgan fingerprint density at radius 3 is 1.83 bits per heavy atom. The molecule has 0 aliphatic rings. The molecular weight excluding hydrogens is 246 g/mol. The molecule has 0 aliphatic carbocycles. The molecule has 0 atom stereocenters. The van der Waals surface area contributed by atoms with Crippen LogP contribution in [0, 0.1) is 0 Å². The summed E-state index contributed by atoms with van der Waals surface area (Å²) in [5, 5.41) is 37.4. The Bertz CT molecular complexity index is 524. The molecule has 18 heavy (non-hydrogen) atoms. The second-order valence-electron chi connectivity index (χ2n) is 3.23. The quantitative estimate of drug-likeness (QED) is 0.285. The van der Waals surface area contributed by atoms with Gasteiger partial charge < -0.3 is 30.9 Å². The zero-order chi connectivity index (χ0) is 14.0. The zero-order valence-corrected chi connectivity index (χ0v) is 9.30. The lowest BCUT2D eigenvalue weighted by Crippen LogP contribution is -2.18. The van der Waals surface area contributed by atoms with Crippen molar-refractivity contribution < 1.29 is 34.8 Å². The molecule has 0 radical (unpaired) electrons. The molecule has 6 N–H and O–H groups in total. The lowest BCUT2D eigenvalue weighted by atomic mass is 10.0. The predicted octanol–water partition coefficient (Wildman–Crippen LogP) is -0.215. The molecule has 0 saturated heterocycles. The number of carbonyl (C=O) groups excluding carboxylic acids is 2. The molecule has 0 bridgehead atoms. The number of esters is 1. The molecule has 1 rings (SSSR count). The molecule has 1 aromatic carbocycles. The minimum absolute atomic E-state index is 0.0706. The van der Waals surface area contributed by atoms with Gasteiger partial charge in [0.25, 0.3) is 5.91 Å². The first-order chi connectivity index (χ1) is 8.32. The van der Waals surface area contributed by atoms with Crippen LogP contribution in [0.25, 0.3) is 0 Å². The molecule has 0 heterocycles. The van der Waals surface area contributed by atoms with Crippen molar-refractivity contribution in [1.29, 1.82) is 0 Å². The number of phenols is 4. The molecule has 0 aromatic heterocycles. The summed E-state index contributed by atoms with van der Waals surface area (Å²) in [6.45, 7) is 1.40. The van der Waals surface area contributed by atoms with Crippen molar-refractivity contribution in [3.63, 3.8) is 0 Å². The third-order valence-corrected chi connectivity index (χ3v) is 2.12. The van der Waals surface area contributed by atoms with Crippen LogP contribution in [0.15, 0.2) is 0 Å². The normalized spacial score (nSPS) is 10.1. The number of rotatable bonds is 3. The number of benzene rings is 1. The molecule has 0 saturated carbocycles. The average Bonchev–Trinajstić information content (AvgIpc) is 2.30. The maximum absolute atomic E-state index is 11.5. The number of hydrogen-bond acceptors (Lipinski definition) is 7. The van der Waals surface area contributed by atoms with Crippen molar-refractivity contribution in [2.45, 2.75) is 6.92 Å². The van der Waals surface area contributed by atoms with E-state index in [0.29, 0.717) is 0 Å². The lowest BCUT2D eigenvalue weighted by molar-refractivity contribution is 0.0518. The highest BCUT2D eigenvalue weighted by Gasteiger charge is 2.31. The summed E-state index contributed by atoms with van der Waals surface area (Å²) in [7, 11) is 0. The van der Waals surface area contributed by atoms with Gasteiger partial charge in [-0.2, -0.15) is 0 Å². The van der Waals surface area contributed by atoms with Crippen LogP contribution in [-0.2, 0) is 4.74 Å². The lowest BCUT2D eigenvalue weighted by Gasteiger charge is -2.12. The first kappa shape index (κ1) is 13.4. The largest absolute Gasteiger partial charge is 0.504 e. The fourth-order valence-corrected chi connectivity index (χ4v) is 1.34. The van der Waals surface area contributed by atoms with Gasteiger partial charge in [-0.05, 0) is 6.92 Å². The molecule has 0 spiro atoms. The van der Waals surface area contributed by atoms with E-state index in [2.05, 4.69) is 4.74 Å². The Morgan fingerprint density at radius 2 is 1.44 bits per heavy atom. The van der Waals surface area contributed by atoms with E-state index in [1.54, 1.807) is 0 Å². The van der Waals surface area contributed by atoms with Gasteiger partial charge in [0.2, 0.25) is 11.5 Å². The van der Waals surface area contributed by atoms with Crippen LogP contribution in [0.1, 0.15) is 27.6 Å². The minimum atomic E-state index is -1.28. The molecule has 8 heteroatoms. The summed E-state index contributed by atoms with van der Waals surface area (Å²) < 4.78 is 4.54. The fourth-order valence-electron chi connectivity index (χ4n) is 1.34. The number of hydrogen-bond donors (Lipinski definition) is 5. The van der Waals surface area contributed by atoms with E-state index >= 15 is 0 Å². The highest BCUT2D eigenvalue weighted by atomic mass is 16.5. The zero-order valence-electron chi connectivity index (χ0n) is 9.30. The summed E-state index contributed by atoms with van der Waals surface area (Å²) in [6, 6.07) is 0. The highest BCUT2D eigenvalue weighted by molar-refractivity contribution is 6.10. The van der Waals surface area contributed by atoms with Gasteiger partial charge in [0.05, 0.1) is 6.61 Å². The number of primary amides is 1. The predicted molar refractivity (Wildman–Crippen MR) is 57.6 cm³/mol. The van der Waals surface area contributed by atoms with Gasteiger partial charge in [0.15, 0.2) is 11.5 Å². The Morgan fingerprint density at radius 1 is 1.00 bits per heavy atom. The monoisotopic (exact) mass is 257 g/mol. The topological polar surface area (TPSA) is 150 Å². The van der Waals surface area contributed by atoms with Crippen molar-refractivity contribution in [3.8, 4) is 23.0 Å². The number of aromatic hydroxyl groups is 4. The molecule has 0 aliphatic heterocycles. The van der Waals surface area contributed by atoms with Gasteiger partial charge in [-0.3, -0.25) is 4.79 Å². The van der Waals surface area contributed by atoms with Gasteiger partial charge >= 0.3 is 5.97 Å². The van der Waals surface area contributed by atoms with Crippen molar-refractivity contribution in [2.24, 2.45) is 5.73 Å². The van der Waals surface area contributed by atoms with Crippen LogP contribution in [-0.4, -0.2) is 38.9 Å². The van der Waals surface area contributed by atoms with E-state index < -0.39 is 46.0 Å². The van der Waals surface area contributed by atoms with Crippen molar-refractivity contribution >= 4 is 11.9 Å². The third kappa shape index (κ3) is 1.95. The third-order valence-electron chi connectivity index (χ3n) is 2.12. The second kappa shape index (κ2) is 4.70. The van der Waals surface area contributed by atoms with Gasteiger partial charge in [-0.25, -0.2) is 4.79 Å². The average molecular weight is 257 g/mol. The maximum atomic E-state index is 11.5. The summed E-state index contributed by atoms with van der Waals surface area (Å²) >= 11 is 0. The van der Waals surface area contributed by atoms with E-state index in [4.69, 9.17) is 5.73 Å². The van der Waals surface area contributed by atoms with Crippen LogP contribution >= 0.6 is 0 Å². The van der Waals surface area contributed by atoms with Crippen molar-refractivity contribution in [1.82, 2.24) is 0 Å². The summed E-state index contributed by atoms with van der Waals surface area (Å²) in [6.07, 6.45) is 0. The number of ether oxygens (including phenoxy) is 1. The van der Waals surface area contributed by atoms with Crippen LogP contribution in [0.4, 0.5) is 0 Å². The van der Waals surface area contributed by atoms with Crippen LogP contribution < -0.4 is 5.73 Å². The Balaban J connectivity index is 3.67. The number of amides is 1. The first-order valence-electron chi connectivity index (χ1n) is 4.79. The SMILES string of the molecule is CCOC(=O)c1c(O)c(O)c(O)c(O)c1C(N)=O. The van der Waals surface area contributed by atoms with Crippen LogP contribution in [0.2, 0.25) is 0 Å². The van der Waals surface area contributed by atoms with Gasteiger partial charge in [0.1, 0.15) is 11.1 Å². The van der Waals surface area contributed by atoms with E-state index in [1.807, 2.05) is 0 Å². The maximum Gasteiger partial charge on any atom is 0.343 e. The molecule has 0 fully saturated rings. The number of phenolic OH excluding ortho intramolecular Hbond substituents is 3. The molecule has 1 amide bonds. The summed E-state index contributed by atoms with van der Waals surface area (Å²) in [4.78, 5) is 22.6. The van der Waals surface area contributed by atoms with Crippen molar-refractivity contribution in [3.05, 3.63) is 11.1 Å². The Labute approximate surface area is 101 Å². The van der Waals surface area contributed by atoms with Crippen LogP contribution in [0.5, 0.6) is 23.0 Å². The van der Waals surface area contributed by atoms with E-state index in [9.17, 15) is 30.0 Å². The minimum Gasteiger partial charge on any atom is -0.504 e. The molecular formula is C10H11NO7. The van der Waals surface area contributed by atoms with Gasteiger partial charge in [0, 0.05) is 0 Å². The Hall–Kier alpha value is -2.64. The van der Waals surface area contributed by atoms with E-state index in [1.165, 1.54) is 6.92 Å². The molecule has 8 nitrogen and oxygen atoms in total. The highest BCUT2D eigenvalue weighted by Crippen LogP contribution is 2.47. The van der Waals surface area contributed by atoms with Crippen molar-refractivity contribution in [2.75, 3.05) is 6.61 Å². The van der Waals surface area contributed by atoms with Crippen LogP contribution in [0.3, 0.4) is 0 Å². The standard InChI is InChI=1S/C10H11NO7/c1-2-18-10(17)4-3(9(11)16)5(12)7(14)8(15)6(4)13/h12-15H,2H2,1H3,(H2,11,16). The molecule has 1 aromatic rings. The Kier molecular flexibility index (Phi) is 3.50. The fraction of sp³-hybridized carbons (Fsp3) is 0.200. The number of nitrogens with two attached hydrogens (primary N) is 1. The first-order valence-corrected chi connectivity index (χ1v) is 4.79.